The molecule has 1 aromatic carbocycles. The second kappa shape index (κ2) is 6.22. The van der Waals surface area contributed by atoms with Crippen molar-refractivity contribution < 1.29 is 0 Å². The highest BCUT2D eigenvalue weighted by Crippen LogP contribution is 2.24. The molecule has 0 aliphatic heterocycles. The Balaban J connectivity index is 2.36. The van der Waals surface area contributed by atoms with Crippen molar-refractivity contribution in [1.29, 1.82) is 0 Å². The molecule has 0 saturated carbocycles. The van der Waals surface area contributed by atoms with Crippen molar-refractivity contribution in [3.05, 3.63) is 58.4 Å². The molecule has 0 aliphatic rings. The van der Waals surface area contributed by atoms with E-state index in [9.17, 15) is 0 Å². The molecule has 1 heterocycles. The van der Waals surface area contributed by atoms with Crippen molar-refractivity contribution >= 4 is 22.9 Å². The summed E-state index contributed by atoms with van der Waals surface area (Å²) in [6, 6.07) is 10.6. The third-order valence-electron chi connectivity index (χ3n) is 3.51. The smallest absolute Gasteiger partial charge is 0.107 e. The number of nitrogens with zero attached hydrogens (tertiary/aromatic N) is 2. The third-order valence-corrected chi connectivity index (χ3v) is 3.71. The SMILES string of the molecule is Cc1ccc(CN(C)c2cc(C)nc(C)c2C(N)=S)cc1. The summed E-state index contributed by atoms with van der Waals surface area (Å²) in [6.45, 7) is 6.83. The lowest BCUT2D eigenvalue weighted by Gasteiger charge is -2.24. The Morgan fingerprint density at radius 1 is 1.19 bits per heavy atom. The first-order valence-electron chi connectivity index (χ1n) is 6.93. The van der Waals surface area contributed by atoms with E-state index in [4.69, 9.17) is 18.0 Å². The summed E-state index contributed by atoms with van der Waals surface area (Å²) in [5.74, 6) is 0. The molecule has 0 fully saturated rings. The summed E-state index contributed by atoms with van der Waals surface area (Å²) < 4.78 is 0. The lowest BCUT2D eigenvalue weighted by molar-refractivity contribution is 0.912. The molecule has 4 heteroatoms. The number of hydrogen-bond acceptors (Lipinski definition) is 3. The molecule has 0 radical (unpaired) electrons. The molecular weight excluding hydrogens is 278 g/mol. The Morgan fingerprint density at radius 3 is 2.38 bits per heavy atom. The molecule has 0 aliphatic carbocycles. The highest BCUT2D eigenvalue weighted by molar-refractivity contribution is 7.80. The summed E-state index contributed by atoms with van der Waals surface area (Å²) >= 11 is 5.19. The second-order valence-corrected chi connectivity index (χ2v) is 5.89. The fourth-order valence-electron chi connectivity index (χ4n) is 2.47. The third kappa shape index (κ3) is 3.58. The van der Waals surface area contributed by atoms with Gasteiger partial charge in [-0.15, -0.1) is 0 Å². The largest absolute Gasteiger partial charge is 0.389 e. The molecule has 0 spiro atoms. The van der Waals surface area contributed by atoms with Crippen molar-refractivity contribution in [2.24, 2.45) is 5.73 Å². The first-order valence-corrected chi connectivity index (χ1v) is 7.34. The van der Waals surface area contributed by atoms with E-state index in [0.717, 1.165) is 29.2 Å². The molecule has 0 atom stereocenters. The number of pyridine rings is 1. The van der Waals surface area contributed by atoms with Crippen LogP contribution in [-0.4, -0.2) is 17.0 Å². The highest BCUT2D eigenvalue weighted by Gasteiger charge is 2.14. The van der Waals surface area contributed by atoms with Crippen LogP contribution < -0.4 is 10.6 Å². The molecule has 2 rings (SSSR count). The highest BCUT2D eigenvalue weighted by atomic mass is 32.1. The van der Waals surface area contributed by atoms with Gasteiger partial charge in [0.2, 0.25) is 0 Å². The number of anilines is 1. The molecule has 0 saturated heterocycles. The Kier molecular flexibility index (Phi) is 4.58. The zero-order valence-corrected chi connectivity index (χ0v) is 13.8. The van der Waals surface area contributed by atoms with Crippen molar-refractivity contribution in [3.8, 4) is 0 Å². The fraction of sp³-hybridized carbons (Fsp3) is 0.294. The van der Waals surface area contributed by atoms with Gasteiger partial charge in [-0.05, 0) is 32.4 Å². The number of rotatable bonds is 4. The number of nitrogens with two attached hydrogens (primary N) is 1. The molecule has 21 heavy (non-hydrogen) atoms. The Morgan fingerprint density at radius 2 is 1.81 bits per heavy atom. The van der Waals surface area contributed by atoms with E-state index in [1.165, 1.54) is 11.1 Å². The Labute approximate surface area is 131 Å². The summed E-state index contributed by atoms with van der Waals surface area (Å²) in [7, 11) is 2.05. The van der Waals surface area contributed by atoms with E-state index < -0.39 is 0 Å². The van der Waals surface area contributed by atoms with Crippen LogP contribution in [0.4, 0.5) is 5.69 Å². The zero-order valence-electron chi connectivity index (χ0n) is 13.0. The van der Waals surface area contributed by atoms with Crippen LogP contribution in [0.3, 0.4) is 0 Å². The van der Waals surface area contributed by atoms with E-state index in [2.05, 4.69) is 48.1 Å². The number of aryl methyl sites for hydroxylation is 3. The molecule has 1 aromatic heterocycles. The van der Waals surface area contributed by atoms with E-state index in [1.807, 2.05) is 19.9 Å². The Bertz CT molecular complexity index is 662. The lowest BCUT2D eigenvalue weighted by atomic mass is 10.1. The summed E-state index contributed by atoms with van der Waals surface area (Å²) in [4.78, 5) is 7.02. The molecule has 3 nitrogen and oxygen atoms in total. The van der Waals surface area contributed by atoms with Gasteiger partial charge in [-0.1, -0.05) is 42.0 Å². The van der Waals surface area contributed by atoms with Crippen LogP contribution >= 0.6 is 12.2 Å². The minimum absolute atomic E-state index is 0.394. The summed E-state index contributed by atoms with van der Waals surface area (Å²) in [6.07, 6.45) is 0. The predicted molar refractivity (Wildman–Crippen MR) is 92.9 cm³/mol. The quantitative estimate of drug-likeness (QED) is 0.880. The topological polar surface area (TPSA) is 42.2 Å². The average Bonchev–Trinajstić information content (AvgIpc) is 2.39. The van der Waals surface area contributed by atoms with Crippen LogP contribution in [0.15, 0.2) is 30.3 Å². The first-order chi connectivity index (χ1) is 9.88. The van der Waals surface area contributed by atoms with Crippen LogP contribution in [0.25, 0.3) is 0 Å². The minimum Gasteiger partial charge on any atom is -0.389 e. The van der Waals surface area contributed by atoms with E-state index in [1.54, 1.807) is 0 Å². The summed E-state index contributed by atoms with van der Waals surface area (Å²) in [5.41, 5.74) is 12.2. The molecule has 110 valence electrons. The van der Waals surface area contributed by atoms with E-state index in [0.29, 0.717) is 4.99 Å². The van der Waals surface area contributed by atoms with Gasteiger partial charge in [-0.2, -0.15) is 0 Å². The number of hydrogen-bond donors (Lipinski definition) is 1. The van der Waals surface area contributed by atoms with Gasteiger partial charge in [0.05, 0.1) is 11.3 Å². The normalized spacial score (nSPS) is 10.5. The van der Waals surface area contributed by atoms with Gasteiger partial charge >= 0.3 is 0 Å². The molecule has 2 N–H and O–H groups in total. The van der Waals surface area contributed by atoms with Crippen molar-refractivity contribution in [2.75, 3.05) is 11.9 Å². The van der Waals surface area contributed by atoms with Crippen LogP contribution in [0.1, 0.15) is 28.1 Å². The Hall–Kier alpha value is -1.94. The second-order valence-electron chi connectivity index (χ2n) is 5.45. The van der Waals surface area contributed by atoms with Gasteiger partial charge in [-0.3, -0.25) is 4.98 Å². The van der Waals surface area contributed by atoms with Gasteiger partial charge in [0.25, 0.3) is 0 Å². The predicted octanol–water partition coefficient (Wildman–Crippen LogP) is 3.28. The van der Waals surface area contributed by atoms with Crippen LogP contribution in [0.5, 0.6) is 0 Å². The van der Waals surface area contributed by atoms with Crippen molar-refractivity contribution in [3.63, 3.8) is 0 Å². The standard InChI is InChI=1S/C17H21N3S/c1-11-5-7-14(8-6-11)10-20(4)15-9-12(2)19-13(3)16(15)17(18)21/h5-9H,10H2,1-4H3,(H2,18,21). The number of aromatic nitrogens is 1. The summed E-state index contributed by atoms with van der Waals surface area (Å²) in [5, 5.41) is 0. The van der Waals surface area contributed by atoms with E-state index >= 15 is 0 Å². The van der Waals surface area contributed by atoms with E-state index in [-0.39, 0.29) is 0 Å². The zero-order chi connectivity index (χ0) is 15.6. The van der Waals surface area contributed by atoms with Crippen LogP contribution in [0, 0.1) is 20.8 Å². The van der Waals surface area contributed by atoms with Gasteiger partial charge < -0.3 is 10.6 Å². The maximum atomic E-state index is 5.88. The van der Waals surface area contributed by atoms with Gasteiger partial charge in [0, 0.05) is 25.0 Å². The van der Waals surface area contributed by atoms with Gasteiger partial charge in [0.15, 0.2) is 0 Å². The first kappa shape index (κ1) is 15.4. The lowest BCUT2D eigenvalue weighted by Crippen LogP contribution is -2.23. The number of benzene rings is 1. The van der Waals surface area contributed by atoms with Crippen molar-refractivity contribution in [2.45, 2.75) is 27.3 Å². The maximum Gasteiger partial charge on any atom is 0.107 e. The minimum atomic E-state index is 0.394. The van der Waals surface area contributed by atoms with Gasteiger partial charge in [0.1, 0.15) is 4.99 Å². The van der Waals surface area contributed by atoms with Crippen LogP contribution in [-0.2, 0) is 6.54 Å². The monoisotopic (exact) mass is 299 g/mol. The molecule has 2 aromatic rings. The van der Waals surface area contributed by atoms with Crippen molar-refractivity contribution in [1.82, 2.24) is 4.98 Å². The maximum absolute atomic E-state index is 5.88. The van der Waals surface area contributed by atoms with Gasteiger partial charge in [-0.25, -0.2) is 0 Å². The molecule has 0 bridgehead atoms. The molecular formula is C17H21N3S. The average molecular weight is 299 g/mol. The van der Waals surface area contributed by atoms with Crippen LogP contribution in [0.2, 0.25) is 0 Å². The molecule has 0 amide bonds. The number of thiocarbonyl (C=S) groups is 1. The fourth-order valence-corrected chi connectivity index (χ4v) is 2.72. The molecule has 0 unspecified atom stereocenters.